The molecule has 4 rings (SSSR count). The van der Waals surface area contributed by atoms with Gasteiger partial charge in [-0.05, 0) is 36.6 Å². The summed E-state index contributed by atoms with van der Waals surface area (Å²) in [5.74, 6) is 1.27. The monoisotopic (exact) mass is 406 g/mol. The van der Waals surface area contributed by atoms with Gasteiger partial charge in [0.1, 0.15) is 11.5 Å². The quantitative estimate of drug-likeness (QED) is 0.512. The highest BCUT2D eigenvalue weighted by molar-refractivity contribution is 8.01. The predicted molar refractivity (Wildman–Crippen MR) is 117 cm³/mol. The molecule has 1 aliphatic rings. The van der Waals surface area contributed by atoms with Crippen LogP contribution in [0.4, 0.5) is 16.2 Å². The Morgan fingerprint density at radius 2 is 1.62 bits per heavy atom. The number of carbonyl (C=O) groups excluding carboxylic acids is 1. The first kappa shape index (κ1) is 19.2. The van der Waals surface area contributed by atoms with Crippen molar-refractivity contribution in [3.63, 3.8) is 0 Å². The first-order chi connectivity index (χ1) is 14.1. The van der Waals surface area contributed by atoms with Gasteiger partial charge < -0.3 is 9.47 Å². The van der Waals surface area contributed by atoms with E-state index in [9.17, 15) is 4.79 Å². The zero-order valence-corrected chi connectivity index (χ0v) is 17.4. The molecular weight excluding hydrogens is 384 g/mol. The Labute approximate surface area is 175 Å². The van der Waals surface area contributed by atoms with Crippen molar-refractivity contribution in [2.45, 2.75) is 18.4 Å². The number of aryl methyl sites for hydroxylation is 1. The summed E-state index contributed by atoms with van der Waals surface area (Å²) >= 11 is 1.41. The van der Waals surface area contributed by atoms with Crippen LogP contribution in [-0.4, -0.2) is 20.3 Å². The first-order valence-electron chi connectivity index (χ1n) is 9.26. The van der Waals surface area contributed by atoms with E-state index in [1.165, 1.54) is 17.5 Å². The van der Waals surface area contributed by atoms with Crippen molar-refractivity contribution in [1.29, 1.82) is 0 Å². The number of methoxy groups -OCH3 is 2. The predicted octanol–water partition coefficient (Wildman–Crippen LogP) is 5.67. The summed E-state index contributed by atoms with van der Waals surface area (Å²) in [6.45, 7) is 2.55. The van der Waals surface area contributed by atoms with Crippen LogP contribution in [-0.2, 0) is 6.54 Å². The molecule has 0 fully saturated rings. The number of amides is 2. The third-order valence-electron chi connectivity index (χ3n) is 4.74. The summed E-state index contributed by atoms with van der Waals surface area (Å²) in [6.07, 6.45) is 0. The van der Waals surface area contributed by atoms with Crippen molar-refractivity contribution >= 4 is 29.4 Å². The number of para-hydroxylation sites is 1. The molecule has 3 aromatic rings. The Balaban J connectivity index is 1.76. The maximum Gasteiger partial charge on any atom is 0.339 e. The lowest BCUT2D eigenvalue weighted by Crippen LogP contribution is -2.42. The number of fused-ring (bicyclic) bond motifs is 1. The van der Waals surface area contributed by atoms with Crippen LogP contribution in [0.5, 0.6) is 11.5 Å². The van der Waals surface area contributed by atoms with E-state index in [2.05, 4.69) is 19.1 Å². The summed E-state index contributed by atoms with van der Waals surface area (Å²) in [4.78, 5) is 16.4. The summed E-state index contributed by atoms with van der Waals surface area (Å²) < 4.78 is 12.5. The van der Waals surface area contributed by atoms with Crippen LogP contribution in [0.15, 0.2) is 71.6 Å². The summed E-state index contributed by atoms with van der Waals surface area (Å²) in [6, 6.07) is 21.5. The van der Waals surface area contributed by atoms with Gasteiger partial charge >= 0.3 is 6.03 Å². The van der Waals surface area contributed by atoms with Crippen molar-refractivity contribution in [3.05, 3.63) is 77.9 Å². The van der Waals surface area contributed by atoms with Gasteiger partial charge in [-0.2, -0.15) is 0 Å². The van der Waals surface area contributed by atoms with Gasteiger partial charge in [-0.25, -0.2) is 9.10 Å². The molecule has 0 spiro atoms. The van der Waals surface area contributed by atoms with Crippen molar-refractivity contribution in [3.8, 4) is 11.5 Å². The fourth-order valence-electron chi connectivity index (χ4n) is 3.33. The second-order valence-electron chi connectivity index (χ2n) is 6.78. The fraction of sp³-hybridized carbons (Fsp3) is 0.174. The van der Waals surface area contributed by atoms with Crippen molar-refractivity contribution in [2.24, 2.45) is 0 Å². The van der Waals surface area contributed by atoms with E-state index >= 15 is 0 Å². The van der Waals surface area contributed by atoms with Gasteiger partial charge in [0, 0.05) is 18.2 Å². The van der Waals surface area contributed by atoms with Gasteiger partial charge in [0.2, 0.25) is 0 Å². The van der Waals surface area contributed by atoms with Crippen LogP contribution < -0.4 is 18.7 Å². The normalized spacial score (nSPS) is 13.3. The van der Waals surface area contributed by atoms with Crippen LogP contribution in [0.2, 0.25) is 0 Å². The third-order valence-corrected chi connectivity index (χ3v) is 5.84. The van der Waals surface area contributed by atoms with Gasteiger partial charge in [-0.15, -0.1) is 0 Å². The molecule has 2 amide bonds. The van der Waals surface area contributed by atoms with Crippen molar-refractivity contribution in [2.75, 3.05) is 23.4 Å². The second-order valence-corrected chi connectivity index (χ2v) is 7.77. The molecule has 0 saturated heterocycles. The molecule has 1 heterocycles. The van der Waals surface area contributed by atoms with Crippen molar-refractivity contribution < 1.29 is 14.3 Å². The SMILES string of the molecule is COc1cc(OC)cc(N2Sc3ccccc3N(Cc3cccc(C)c3)C2=O)c1. The Bertz CT molecular complexity index is 1030. The largest absolute Gasteiger partial charge is 0.497 e. The number of urea groups is 1. The molecule has 0 N–H and O–H groups in total. The smallest absolute Gasteiger partial charge is 0.339 e. The molecule has 0 unspecified atom stereocenters. The highest BCUT2D eigenvalue weighted by Crippen LogP contribution is 2.43. The Morgan fingerprint density at radius 3 is 2.31 bits per heavy atom. The van der Waals surface area contributed by atoms with Crippen molar-refractivity contribution in [1.82, 2.24) is 0 Å². The van der Waals surface area contributed by atoms with Crippen LogP contribution >= 0.6 is 11.9 Å². The van der Waals surface area contributed by atoms with E-state index in [1.807, 2.05) is 53.4 Å². The number of carbonyl (C=O) groups is 1. The minimum Gasteiger partial charge on any atom is -0.497 e. The Morgan fingerprint density at radius 1 is 0.897 bits per heavy atom. The number of ether oxygens (including phenoxy) is 2. The van der Waals surface area contributed by atoms with E-state index in [-0.39, 0.29) is 6.03 Å². The van der Waals surface area contributed by atoms with Gasteiger partial charge in [-0.3, -0.25) is 4.90 Å². The minimum atomic E-state index is -0.106. The van der Waals surface area contributed by atoms with E-state index in [0.29, 0.717) is 23.7 Å². The number of nitrogens with zero attached hydrogens (tertiary/aromatic N) is 2. The number of rotatable bonds is 5. The molecule has 29 heavy (non-hydrogen) atoms. The van der Waals surface area contributed by atoms with Crippen LogP contribution in [0.1, 0.15) is 11.1 Å². The molecule has 0 radical (unpaired) electrons. The molecule has 0 aliphatic carbocycles. The highest BCUT2D eigenvalue weighted by atomic mass is 32.2. The first-order valence-corrected chi connectivity index (χ1v) is 10.0. The molecular formula is C23H22N2O3S. The maximum atomic E-state index is 13.5. The molecule has 6 heteroatoms. The molecule has 3 aromatic carbocycles. The molecule has 0 aromatic heterocycles. The summed E-state index contributed by atoms with van der Waals surface area (Å²) in [5.41, 5.74) is 3.88. The molecule has 0 bridgehead atoms. The minimum absolute atomic E-state index is 0.106. The lowest BCUT2D eigenvalue weighted by molar-refractivity contribution is 0.254. The van der Waals surface area contributed by atoms with Gasteiger partial charge in [0.15, 0.2) is 0 Å². The molecule has 1 aliphatic heterocycles. The van der Waals surface area contributed by atoms with Crippen LogP contribution in [0.3, 0.4) is 0 Å². The van der Waals surface area contributed by atoms with E-state index in [1.54, 1.807) is 24.6 Å². The van der Waals surface area contributed by atoms with Gasteiger partial charge in [0.05, 0.1) is 37.0 Å². The lowest BCUT2D eigenvalue weighted by Gasteiger charge is -2.36. The standard InChI is InChI=1S/C23H22N2O3S/c1-16-7-6-8-17(11-16)15-24-21-9-4-5-10-22(21)29-25(23(24)26)18-12-19(27-2)14-20(13-18)28-3/h4-14H,15H2,1-3H3. The summed E-state index contributed by atoms with van der Waals surface area (Å²) in [7, 11) is 3.20. The van der Waals surface area contributed by atoms with Gasteiger partial charge in [-0.1, -0.05) is 42.0 Å². The third kappa shape index (κ3) is 3.89. The van der Waals surface area contributed by atoms with Gasteiger partial charge in [0.25, 0.3) is 0 Å². The number of benzene rings is 3. The van der Waals surface area contributed by atoms with E-state index < -0.39 is 0 Å². The highest BCUT2D eigenvalue weighted by Gasteiger charge is 2.33. The zero-order chi connectivity index (χ0) is 20.4. The molecule has 0 atom stereocenters. The van der Waals surface area contributed by atoms with Crippen LogP contribution in [0.25, 0.3) is 0 Å². The number of hydrogen-bond acceptors (Lipinski definition) is 4. The Kier molecular flexibility index (Phi) is 5.36. The average molecular weight is 407 g/mol. The lowest BCUT2D eigenvalue weighted by atomic mass is 10.1. The average Bonchev–Trinajstić information content (AvgIpc) is 2.75. The second kappa shape index (κ2) is 8.09. The maximum absolute atomic E-state index is 13.5. The summed E-state index contributed by atoms with van der Waals surface area (Å²) in [5, 5.41) is 0. The molecule has 148 valence electrons. The fourth-order valence-corrected chi connectivity index (χ4v) is 4.32. The Hall–Kier alpha value is -3.12. The van der Waals surface area contributed by atoms with E-state index in [0.717, 1.165) is 16.1 Å². The van der Waals surface area contributed by atoms with Crippen LogP contribution in [0, 0.1) is 6.92 Å². The topological polar surface area (TPSA) is 42.0 Å². The number of hydrogen-bond donors (Lipinski definition) is 0. The molecule has 5 nitrogen and oxygen atoms in total. The van der Waals surface area contributed by atoms with E-state index in [4.69, 9.17) is 9.47 Å². The molecule has 0 saturated carbocycles. The number of anilines is 2. The zero-order valence-electron chi connectivity index (χ0n) is 16.6.